The normalized spacial score (nSPS) is 0. The van der Waals surface area contributed by atoms with Crippen LogP contribution in [-0.2, 0) is 0 Å². The van der Waals surface area contributed by atoms with Crippen molar-refractivity contribution in [2.24, 2.45) is 0 Å². The van der Waals surface area contributed by atoms with Gasteiger partial charge in [0.15, 0.2) is 0 Å². The second-order valence-electron chi connectivity index (χ2n) is 0. The highest BCUT2D eigenvalue weighted by atomic mass is 19.0. The molecule has 0 atom stereocenters. The second-order valence-corrected chi connectivity index (χ2v) is 0. The Balaban J connectivity index is 0. The van der Waals surface area contributed by atoms with Crippen LogP contribution in [0.5, 0.6) is 0 Å². The topological polar surface area (TPSA) is 0 Å². The quantitative estimate of drug-likeness (QED) is 0.332. The van der Waals surface area contributed by atoms with Gasteiger partial charge in [-0.05, 0) is 0 Å². The second kappa shape index (κ2) is 966. The molecule has 0 aliphatic carbocycles. The fourth-order valence-corrected chi connectivity index (χ4v) is 0. The Morgan fingerprint density at radius 2 is 0.286 bits per heavy atom. The lowest BCUT2D eigenvalue weighted by molar-refractivity contribution is 1.11. The van der Waals surface area contributed by atoms with Gasteiger partial charge < -0.3 is 0 Å². The van der Waals surface area contributed by atoms with Crippen LogP contribution in [0.15, 0.2) is 0 Å². The summed E-state index contributed by atoms with van der Waals surface area (Å²) in [6.45, 7) is 0. The number of halogens is 6. The highest BCUT2D eigenvalue weighted by Crippen LogP contribution is 0.425. The molecule has 0 unspecified atom stereocenters. The molecule has 0 N–H and O–H groups in total. The van der Waals surface area contributed by atoms with Crippen molar-refractivity contribution >= 4 is 8.41 Å². The van der Waals surface area contributed by atoms with E-state index in [-0.39, 0.29) is 36.6 Å². The van der Waals surface area contributed by atoms with Crippen molar-refractivity contribution < 1.29 is 28.2 Å². The minimum absolute atomic E-state index is 0. The molecule has 0 bridgehead atoms. The zero-order chi connectivity index (χ0) is 0. The summed E-state index contributed by atoms with van der Waals surface area (Å²) in [5.41, 5.74) is 0. The highest BCUT2D eigenvalue weighted by molar-refractivity contribution is 5.75. The summed E-state index contributed by atoms with van der Waals surface area (Å²) in [5.74, 6) is 0. The molecular weight excluding hydrogens is 125 g/mol. The Bertz CT molecular complexity index is 4.14. The van der Waals surface area contributed by atoms with Gasteiger partial charge in [-0.25, -0.2) is 0 Å². The Morgan fingerprint density at radius 1 is 0.286 bits per heavy atom. The Morgan fingerprint density at radius 3 is 0.286 bits per heavy atom. The maximum Gasteiger partial charge on any atom is 0 e. The van der Waals surface area contributed by atoms with Crippen LogP contribution >= 0.6 is 0 Å². The summed E-state index contributed by atoms with van der Waals surface area (Å²) < 4.78 is 0. The van der Waals surface area contributed by atoms with Crippen molar-refractivity contribution in [1.82, 2.24) is 0 Å². The summed E-state index contributed by atoms with van der Waals surface area (Å²) in [6.07, 6.45) is 0. The first-order valence-corrected chi connectivity index (χ1v) is 0. The highest BCUT2D eigenvalue weighted by Gasteiger charge is 0.0000227. The summed E-state index contributed by atoms with van der Waals surface area (Å²) in [6, 6.07) is 0. The van der Waals surface area contributed by atoms with Gasteiger partial charge in [0.25, 0.3) is 0 Å². The van der Waals surface area contributed by atoms with Crippen LogP contribution < -0.4 is 0 Å². The first-order valence-electron chi connectivity index (χ1n) is 0. The maximum atomic E-state index is 0. The molecule has 0 aromatic heterocycles. The van der Waals surface area contributed by atoms with E-state index in [0.717, 1.165) is 0 Å². The van der Waals surface area contributed by atoms with E-state index in [4.69, 9.17) is 0 Å². The van der Waals surface area contributed by atoms with Gasteiger partial charge in [-0.1, -0.05) is 0 Å². The monoisotopic (exact) mass is 131 g/mol. The number of rotatable bonds is 0. The van der Waals surface area contributed by atoms with Crippen molar-refractivity contribution in [3.8, 4) is 0 Å². The molecule has 0 nitrogen and oxygen atoms in total. The Labute approximate surface area is 38.1 Å². The zero-order valence-electron chi connectivity index (χ0n) is 3.03. The maximum absolute atomic E-state index is 0. The Hall–Kier alpha value is -0.355. The van der Waals surface area contributed by atoms with E-state index in [9.17, 15) is 0 Å². The van der Waals surface area contributed by atoms with E-state index in [0.29, 0.717) is 0 Å². The summed E-state index contributed by atoms with van der Waals surface area (Å²) in [4.78, 5) is 0. The molecule has 51 valence electrons. The minimum Gasteiger partial charge on any atom is -0.269 e. The number of hydrogen-bond acceptors (Lipinski definition) is 0. The van der Waals surface area contributed by atoms with Crippen molar-refractivity contribution in [3.63, 3.8) is 0 Å². The van der Waals surface area contributed by atoms with Crippen LogP contribution in [0.4, 0.5) is 28.2 Å². The number of hydrogen-bond donors (Lipinski definition) is 0. The molecule has 0 saturated carbocycles. The smallest absolute Gasteiger partial charge is 0 e. The average Bonchev–Trinajstić information content (AvgIpc) is 0. The minimum atomic E-state index is 0. The lowest BCUT2D eigenvalue weighted by Crippen LogP contribution is -0.381. The van der Waals surface area contributed by atoms with Crippen LogP contribution in [-0.4, -0.2) is 8.41 Å². The molecule has 0 heterocycles. The van der Waals surface area contributed by atoms with Gasteiger partial charge >= 0.3 is 0 Å². The van der Waals surface area contributed by atoms with Crippen molar-refractivity contribution in [2.45, 2.75) is 0 Å². The first kappa shape index (κ1) is 1680. The standard InChI is InChI=1S/B.6FH/h;6*1H. The van der Waals surface area contributed by atoms with Crippen LogP contribution in [0.3, 0.4) is 0 Å². The van der Waals surface area contributed by atoms with E-state index in [1.165, 1.54) is 0 Å². The van der Waals surface area contributed by atoms with Crippen molar-refractivity contribution in [3.05, 3.63) is 0 Å². The molecule has 7 heteroatoms. The largest absolute Gasteiger partial charge is 0.269 e. The average molecular weight is 131 g/mol. The molecule has 3 radical (unpaired) electrons. The third-order valence-corrected chi connectivity index (χ3v) is 0. The summed E-state index contributed by atoms with van der Waals surface area (Å²) in [7, 11) is 0. The molecule has 0 aliphatic heterocycles. The van der Waals surface area contributed by atoms with Crippen molar-refractivity contribution in [2.75, 3.05) is 0 Å². The molecule has 0 aliphatic rings. The summed E-state index contributed by atoms with van der Waals surface area (Å²) >= 11 is 0. The predicted octanol–water partition coefficient (Wildman–Crippen LogP) is 0.534. The zero-order valence-corrected chi connectivity index (χ0v) is 3.03. The SMILES string of the molecule is F.F.F.F.F.F.[B]. The molecule has 0 fully saturated rings. The van der Waals surface area contributed by atoms with E-state index in [2.05, 4.69) is 0 Å². The lowest BCUT2D eigenvalue weighted by Gasteiger charge is -0.270. The fraction of sp³-hybridized carbons (Fsp3) is 0. The lowest BCUT2D eigenvalue weighted by atomic mass is 10.8. The third-order valence-electron chi connectivity index (χ3n) is 0. The molecule has 0 amide bonds. The molecular formula is H6BF6. The van der Waals surface area contributed by atoms with Crippen LogP contribution in [0.1, 0.15) is 0 Å². The van der Waals surface area contributed by atoms with Gasteiger partial charge in [-0.2, -0.15) is 0 Å². The predicted molar refractivity (Wildman–Crippen MR) is 20.8 cm³/mol. The van der Waals surface area contributed by atoms with E-state index in [1.54, 1.807) is 0 Å². The van der Waals surface area contributed by atoms with Crippen LogP contribution in [0.2, 0.25) is 0 Å². The Kier molecular flexibility index (Phi) is 232000. The molecule has 0 rings (SSSR count). The third kappa shape index (κ3) is 595. The van der Waals surface area contributed by atoms with E-state index in [1.807, 2.05) is 0 Å². The van der Waals surface area contributed by atoms with E-state index < -0.39 is 0 Å². The van der Waals surface area contributed by atoms with Gasteiger partial charge in [0.2, 0.25) is 0 Å². The van der Waals surface area contributed by atoms with Gasteiger partial charge in [-0.3, -0.25) is 28.2 Å². The summed E-state index contributed by atoms with van der Waals surface area (Å²) in [5, 5.41) is 0. The van der Waals surface area contributed by atoms with Gasteiger partial charge in [0.1, 0.15) is 0 Å². The fourth-order valence-electron chi connectivity index (χ4n) is 0. The van der Waals surface area contributed by atoms with Crippen LogP contribution in [0, 0.1) is 0 Å². The van der Waals surface area contributed by atoms with Gasteiger partial charge in [0, 0.05) is 8.41 Å². The van der Waals surface area contributed by atoms with Crippen molar-refractivity contribution in [1.29, 1.82) is 0 Å². The van der Waals surface area contributed by atoms with Gasteiger partial charge in [0.05, 0.1) is 0 Å². The molecule has 0 spiro atoms. The molecule has 7 heavy (non-hydrogen) atoms. The van der Waals surface area contributed by atoms with Gasteiger partial charge in [-0.15, -0.1) is 0 Å². The van der Waals surface area contributed by atoms with Crippen LogP contribution in [0.25, 0.3) is 0 Å². The first-order chi connectivity index (χ1) is 0. The van der Waals surface area contributed by atoms with E-state index >= 15 is 0 Å². The molecule has 0 aromatic rings. The molecule has 0 saturated heterocycles. The molecule has 0 aromatic carbocycles.